The highest BCUT2D eigenvalue weighted by atomic mass is 79.9. The van der Waals surface area contributed by atoms with Crippen molar-refractivity contribution in [1.29, 1.82) is 0 Å². The van der Waals surface area contributed by atoms with Gasteiger partial charge in [-0.2, -0.15) is 0 Å². The minimum Gasteiger partial charge on any atom is -0.468 e. The summed E-state index contributed by atoms with van der Waals surface area (Å²) in [5, 5.41) is 5.37. The van der Waals surface area contributed by atoms with Gasteiger partial charge in [0.1, 0.15) is 23.9 Å². The fraction of sp³-hybridized carbons (Fsp3) is 0.361. The van der Waals surface area contributed by atoms with Crippen molar-refractivity contribution in [3.05, 3.63) is 218 Å². The van der Waals surface area contributed by atoms with Gasteiger partial charge in [0.05, 0.1) is 58.1 Å². The van der Waals surface area contributed by atoms with Crippen LogP contribution in [0.2, 0.25) is 10.1 Å². The molecule has 2 atom stereocenters. The number of rotatable bonds is 16. The van der Waals surface area contributed by atoms with Crippen molar-refractivity contribution in [1.82, 2.24) is 19.9 Å². The number of benzene rings is 6. The molecule has 1 aliphatic heterocycles. The van der Waals surface area contributed by atoms with Gasteiger partial charge in [0.15, 0.2) is 0 Å². The molecule has 0 spiro atoms. The van der Waals surface area contributed by atoms with Gasteiger partial charge < -0.3 is 37.6 Å². The number of carbonyl (C=O) groups excluding carboxylic acids is 2. The van der Waals surface area contributed by atoms with E-state index in [0.717, 1.165) is 20.4 Å². The Bertz CT molecular complexity index is 3860. The van der Waals surface area contributed by atoms with Crippen LogP contribution >= 0.6 is 15.9 Å². The van der Waals surface area contributed by atoms with E-state index in [2.05, 4.69) is 140 Å². The van der Waals surface area contributed by atoms with E-state index in [1.54, 1.807) is 58.0 Å². The van der Waals surface area contributed by atoms with Gasteiger partial charge in [0.2, 0.25) is 0 Å². The zero-order valence-electron chi connectivity index (χ0n) is 55.4. The summed E-state index contributed by atoms with van der Waals surface area (Å²) in [6.07, 6.45) is 4.52. The van der Waals surface area contributed by atoms with Crippen LogP contribution in [0.1, 0.15) is 140 Å². The van der Waals surface area contributed by atoms with E-state index < -0.39 is 46.8 Å². The van der Waals surface area contributed by atoms with Crippen molar-refractivity contribution in [2.24, 2.45) is 10.8 Å². The average Bonchev–Trinajstić information content (AvgIpc) is 0.991. The van der Waals surface area contributed by atoms with Gasteiger partial charge in [-0.25, -0.2) is 9.97 Å². The lowest BCUT2D eigenvalue weighted by Gasteiger charge is -2.44. The maximum atomic E-state index is 13.1. The molecule has 0 bridgehead atoms. The molecule has 18 heteroatoms. The normalized spacial score (nSPS) is 15.2. The molecule has 90 heavy (non-hydrogen) atoms. The first-order chi connectivity index (χ1) is 42.1. The first-order valence-electron chi connectivity index (χ1n) is 30.4. The molecule has 8 aromatic rings. The molecule has 1 aliphatic rings. The SMILES string of the molecule is COC(=O)C(C)(C)/C=C/B1OC(C)(C)C(C)(C)O1.COC(=O)C(C)(C)/C=C/c1ccc2c(=O)[nH]c([C@@H](C)O[Si](c3ccccc3)(c3ccccc3)C(C)(C)C)nc2c1.C[C@@H](O[Si](c1ccccc1)(c1ccccc1)C(C)(C)C)c1nc2cc(Br)ccc2c(=O)[nH]1. The van der Waals surface area contributed by atoms with Crippen molar-refractivity contribution in [3.63, 3.8) is 0 Å². The monoisotopic (exact) mass is 1310 g/mol. The minimum absolute atomic E-state index is 0.157. The van der Waals surface area contributed by atoms with Crippen LogP contribution in [0.5, 0.6) is 0 Å². The highest BCUT2D eigenvalue weighted by Gasteiger charge is 2.53. The molecular weight excluding hydrogens is 1230 g/mol. The first-order valence-corrected chi connectivity index (χ1v) is 35.0. The number of aromatic nitrogens is 4. The lowest BCUT2D eigenvalue weighted by Crippen LogP contribution is -2.66. The van der Waals surface area contributed by atoms with Crippen LogP contribution in [0.4, 0.5) is 0 Å². The van der Waals surface area contributed by atoms with Gasteiger partial charge in [-0.3, -0.25) is 19.2 Å². The largest absolute Gasteiger partial charge is 0.486 e. The summed E-state index contributed by atoms with van der Waals surface area (Å²) >= 11 is 3.48. The number of fused-ring (bicyclic) bond motifs is 2. The third kappa shape index (κ3) is 15.6. The molecule has 0 saturated carbocycles. The Labute approximate surface area is 541 Å². The van der Waals surface area contributed by atoms with Crippen molar-refractivity contribution < 1.29 is 37.2 Å². The highest BCUT2D eigenvalue weighted by molar-refractivity contribution is 9.10. The van der Waals surface area contributed by atoms with Crippen molar-refractivity contribution >= 4 is 100 Å². The zero-order valence-corrected chi connectivity index (χ0v) is 59.0. The second-order valence-electron chi connectivity index (χ2n) is 26.9. The summed E-state index contributed by atoms with van der Waals surface area (Å²) in [4.78, 5) is 65.1. The Balaban J connectivity index is 0.000000206. The molecule has 1 fully saturated rings. The number of nitrogens with one attached hydrogen (secondary N) is 2. The summed E-state index contributed by atoms with van der Waals surface area (Å²) in [5.74, 6) is 2.18. The van der Waals surface area contributed by atoms with E-state index in [9.17, 15) is 19.2 Å². The highest BCUT2D eigenvalue weighted by Crippen LogP contribution is 2.42. The maximum Gasteiger partial charge on any atom is 0.486 e. The molecular formula is C72H88BBrN4O10Si2. The topological polar surface area (TPSA) is 181 Å². The summed E-state index contributed by atoms with van der Waals surface area (Å²) in [7, 11) is -3.29. The molecule has 2 aromatic heterocycles. The molecule has 14 nitrogen and oxygen atoms in total. The molecule has 9 rings (SSSR count). The van der Waals surface area contributed by atoms with Crippen LogP contribution in [-0.2, 0) is 37.2 Å². The summed E-state index contributed by atoms with van der Waals surface area (Å²) in [6.45, 7) is 32.4. The standard InChI is InChI=1S/C33H38N2O4Si.C26H27BrN2O2Si.C13H23BO4/c1-23(39-40(32(2,3)4,25-14-10-8-11-15-25)26-16-12-9-13-17-26)29-34-28-22-24(18-19-27(28)30(36)35-29)20-21-33(5,6)31(37)38-7;1-18(24-28-23-17-19(27)15-16-22(23)25(30)29-24)31-32(26(2,3)4,20-11-7-5-8-12-20)21-13-9-6-10-14-21;1-11(2,10(15)16-7)8-9-14-17-12(3,4)13(5,6)18-14/h8-23H,1-7H3,(H,34,35,36);5-18H,1-4H3,(H,28,29,30);8-9H,1-7H3/b21-20+;;9-8+/t23-;18-;/m11./s1. The van der Waals surface area contributed by atoms with Crippen LogP contribution in [0.25, 0.3) is 27.9 Å². The number of nitrogens with zero attached hydrogens (tertiary/aromatic N) is 2. The number of esters is 2. The number of ether oxygens (including phenoxy) is 2. The van der Waals surface area contributed by atoms with Crippen LogP contribution in [0.15, 0.2) is 190 Å². The third-order valence-electron chi connectivity index (χ3n) is 16.8. The van der Waals surface area contributed by atoms with Crippen LogP contribution in [0.3, 0.4) is 0 Å². The van der Waals surface area contributed by atoms with Crippen LogP contribution in [-0.4, -0.2) is 81.0 Å². The van der Waals surface area contributed by atoms with Gasteiger partial charge in [0, 0.05) is 4.47 Å². The molecule has 0 radical (unpaired) electrons. The predicted octanol–water partition coefficient (Wildman–Crippen LogP) is 13.5. The lowest BCUT2D eigenvalue weighted by atomic mass is 9.83. The molecule has 3 heterocycles. The number of hydrogen-bond acceptors (Lipinski definition) is 12. The minimum atomic E-state index is -2.86. The average molecular weight is 1320 g/mol. The predicted molar refractivity (Wildman–Crippen MR) is 373 cm³/mol. The Morgan fingerprint density at radius 1 is 0.533 bits per heavy atom. The van der Waals surface area contributed by atoms with Crippen molar-refractivity contribution in [2.75, 3.05) is 14.2 Å². The molecule has 6 aromatic carbocycles. The Hall–Kier alpha value is -7.16. The van der Waals surface area contributed by atoms with E-state index in [1.165, 1.54) is 24.6 Å². The zero-order chi connectivity index (χ0) is 66.3. The number of aromatic amines is 2. The molecule has 2 N–H and O–H groups in total. The van der Waals surface area contributed by atoms with E-state index in [4.69, 9.17) is 37.6 Å². The second kappa shape index (κ2) is 28.1. The van der Waals surface area contributed by atoms with E-state index in [1.807, 2.05) is 120 Å². The number of methoxy groups -OCH3 is 2. The fourth-order valence-corrected chi connectivity index (χ4v) is 20.7. The van der Waals surface area contributed by atoms with Crippen molar-refractivity contribution in [3.8, 4) is 0 Å². The third-order valence-corrected chi connectivity index (χ3v) is 27.5. The van der Waals surface area contributed by atoms with Crippen LogP contribution in [0, 0.1) is 10.8 Å². The first kappa shape index (κ1) is 70.3. The fourth-order valence-electron chi connectivity index (χ4n) is 11.1. The van der Waals surface area contributed by atoms with E-state index in [0.29, 0.717) is 33.5 Å². The van der Waals surface area contributed by atoms with Gasteiger partial charge in [-0.05, 0) is 136 Å². The summed E-state index contributed by atoms with van der Waals surface area (Å²) in [5.41, 5.74) is -0.527. The molecule has 0 unspecified atom stereocenters. The van der Waals surface area contributed by atoms with Gasteiger partial charge in [-0.15, -0.1) is 0 Å². The van der Waals surface area contributed by atoms with Crippen LogP contribution < -0.4 is 31.9 Å². The molecule has 0 amide bonds. The smallest absolute Gasteiger partial charge is 0.468 e. The number of halogens is 1. The van der Waals surface area contributed by atoms with Gasteiger partial charge in [0.25, 0.3) is 27.8 Å². The van der Waals surface area contributed by atoms with Gasteiger partial charge >= 0.3 is 19.1 Å². The molecule has 0 aliphatic carbocycles. The second-order valence-corrected chi connectivity index (χ2v) is 36.4. The van der Waals surface area contributed by atoms with E-state index in [-0.39, 0.29) is 44.3 Å². The number of H-pyrrole nitrogens is 2. The molecule has 474 valence electrons. The maximum absolute atomic E-state index is 13.1. The lowest BCUT2D eigenvalue weighted by molar-refractivity contribution is -0.148. The van der Waals surface area contributed by atoms with Gasteiger partial charge in [-0.1, -0.05) is 209 Å². The Morgan fingerprint density at radius 3 is 1.23 bits per heavy atom. The van der Waals surface area contributed by atoms with E-state index >= 15 is 0 Å². The quantitative estimate of drug-likeness (QED) is 0.0691. The summed E-state index contributed by atoms with van der Waals surface area (Å²) < 4.78 is 36.4. The summed E-state index contributed by atoms with van der Waals surface area (Å²) in [6, 6.07) is 52.7. The molecule has 1 saturated heterocycles. The number of hydrogen-bond donors (Lipinski definition) is 2. The van der Waals surface area contributed by atoms with Crippen molar-refractivity contribution in [2.45, 2.75) is 144 Å². The number of carbonyl (C=O) groups is 2. The Morgan fingerprint density at radius 2 is 0.878 bits per heavy atom. The Kier molecular flexibility index (Phi) is 22.0.